The fraction of sp³-hybridized carbons (Fsp3) is 0. The van der Waals surface area contributed by atoms with Crippen molar-refractivity contribution < 1.29 is 4.79 Å². The lowest BCUT2D eigenvalue weighted by Gasteiger charge is -2.07. The number of rotatable bonds is 3. The van der Waals surface area contributed by atoms with E-state index in [-0.39, 0.29) is 5.91 Å². The van der Waals surface area contributed by atoms with Gasteiger partial charge in [-0.05, 0) is 35.0 Å². The lowest BCUT2D eigenvalue weighted by atomic mass is 10.1. The average molecular weight is 345 g/mol. The number of amides is 1. The van der Waals surface area contributed by atoms with Gasteiger partial charge in [0.1, 0.15) is 0 Å². The van der Waals surface area contributed by atoms with Gasteiger partial charge in [0, 0.05) is 22.2 Å². The minimum absolute atomic E-state index is 0.128. The molecule has 3 aromatic carbocycles. The maximum atomic E-state index is 12.5. The highest BCUT2D eigenvalue weighted by atomic mass is 32.1. The summed E-state index contributed by atoms with van der Waals surface area (Å²) in [6.07, 6.45) is 0. The Kier molecular flexibility index (Phi) is 3.91. The topological polar surface area (TPSA) is 68.0 Å². The van der Waals surface area contributed by atoms with Gasteiger partial charge in [-0.3, -0.25) is 4.79 Å². The minimum atomic E-state index is -0.128. The van der Waals surface area contributed by atoms with E-state index in [2.05, 4.69) is 10.3 Å². The third-order valence-corrected chi connectivity index (χ3v) is 4.65. The molecule has 4 rings (SSSR count). The number of carbonyl (C=O) groups excluding carboxylic acids is 1. The third-order valence-electron chi connectivity index (χ3n) is 3.97. The Hall–Kier alpha value is -3.18. The summed E-state index contributed by atoms with van der Waals surface area (Å²) in [6, 6.07) is 21.2. The molecule has 4 aromatic rings. The summed E-state index contributed by atoms with van der Waals surface area (Å²) in [7, 11) is 0. The standard InChI is InChI=1S/C20H15N3OS/c21-20-23-18(12-25-20)14-7-9-17(10-8-14)22-19(24)16-6-5-13-3-1-2-4-15(13)11-16/h1-12H,(H2,21,23)(H,22,24). The van der Waals surface area contributed by atoms with Gasteiger partial charge in [0.05, 0.1) is 5.69 Å². The normalized spacial score (nSPS) is 10.7. The summed E-state index contributed by atoms with van der Waals surface area (Å²) in [5, 5.41) is 7.55. The Morgan fingerprint density at radius 2 is 1.72 bits per heavy atom. The van der Waals surface area contributed by atoms with E-state index >= 15 is 0 Å². The highest BCUT2D eigenvalue weighted by Crippen LogP contribution is 2.24. The average Bonchev–Trinajstić information content (AvgIpc) is 3.08. The number of nitrogen functional groups attached to an aromatic ring is 1. The van der Waals surface area contributed by atoms with Crippen molar-refractivity contribution in [3.8, 4) is 11.3 Å². The number of nitrogens with one attached hydrogen (secondary N) is 1. The number of fused-ring (bicyclic) bond motifs is 1. The van der Waals surface area contributed by atoms with Gasteiger partial charge in [-0.15, -0.1) is 11.3 Å². The van der Waals surface area contributed by atoms with Crippen LogP contribution in [0.2, 0.25) is 0 Å². The molecule has 1 heterocycles. The number of aromatic nitrogens is 1. The van der Waals surface area contributed by atoms with Crippen LogP contribution in [-0.2, 0) is 0 Å². The minimum Gasteiger partial charge on any atom is -0.375 e. The second kappa shape index (κ2) is 6.37. The molecule has 1 aromatic heterocycles. The van der Waals surface area contributed by atoms with E-state index in [1.807, 2.05) is 72.1 Å². The molecule has 1 amide bonds. The number of hydrogen-bond donors (Lipinski definition) is 2. The molecule has 122 valence electrons. The molecule has 0 aliphatic carbocycles. The second-order valence-electron chi connectivity index (χ2n) is 5.66. The fourth-order valence-electron chi connectivity index (χ4n) is 2.68. The van der Waals surface area contributed by atoms with E-state index in [1.165, 1.54) is 11.3 Å². The van der Waals surface area contributed by atoms with E-state index in [0.717, 1.165) is 27.7 Å². The molecule has 0 saturated heterocycles. The van der Waals surface area contributed by atoms with Crippen LogP contribution in [0.3, 0.4) is 0 Å². The van der Waals surface area contributed by atoms with Crippen LogP contribution in [0.5, 0.6) is 0 Å². The van der Waals surface area contributed by atoms with Gasteiger partial charge in [0.15, 0.2) is 5.13 Å². The van der Waals surface area contributed by atoms with E-state index < -0.39 is 0 Å². The number of carbonyl (C=O) groups is 1. The van der Waals surface area contributed by atoms with Crippen molar-refractivity contribution in [3.63, 3.8) is 0 Å². The maximum absolute atomic E-state index is 12.5. The summed E-state index contributed by atoms with van der Waals surface area (Å²) in [5.41, 5.74) is 8.85. The van der Waals surface area contributed by atoms with Crippen molar-refractivity contribution in [2.75, 3.05) is 11.1 Å². The molecule has 0 saturated carbocycles. The van der Waals surface area contributed by atoms with Gasteiger partial charge < -0.3 is 11.1 Å². The number of nitrogens with zero attached hydrogens (tertiary/aromatic N) is 1. The summed E-state index contributed by atoms with van der Waals surface area (Å²) < 4.78 is 0. The number of anilines is 2. The van der Waals surface area contributed by atoms with Crippen LogP contribution in [0.25, 0.3) is 22.0 Å². The first kappa shape index (κ1) is 15.4. The van der Waals surface area contributed by atoms with Gasteiger partial charge >= 0.3 is 0 Å². The molecule has 0 bridgehead atoms. The van der Waals surface area contributed by atoms with Gasteiger partial charge in [0.2, 0.25) is 0 Å². The van der Waals surface area contributed by atoms with Crippen molar-refractivity contribution >= 4 is 38.8 Å². The van der Waals surface area contributed by atoms with E-state index in [4.69, 9.17) is 5.73 Å². The van der Waals surface area contributed by atoms with E-state index in [0.29, 0.717) is 10.7 Å². The summed E-state index contributed by atoms with van der Waals surface area (Å²) >= 11 is 1.41. The molecule has 0 radical (unpaired) electrons. The van der Waals surface area contributed by atoms with Crippen molar-refractivity contribution in [3.05, 3.63) is 77.7 Å². The molecular weight excluding hydrogens is 330 g/mol. The molecule has 25 heavy (non-hydrogen) atoms. The van der Waals surface area contributed by atoms with Gasteiger partial charge in [0.25, 0.3) is 5.91 Å². The molecule has 5 heteroatoms. The largest absolute Gasteiger partial charge is 0.375 e. The Labute approximate surface area is 149 Å². The number of nitrogens with two attached hydrogens (primary N) is 1. The first-order valence-corrected chi connectivity index (χ1v) is 8.68. The van der Waals surface area contributed by atoms with Crippen molar-refractivity contribution in [1.29, 1.82) is 0 Å². The van der Waals surface area contributed by atoms with Gasteiger partial charge in [-0.1, -0.05) is 42.5 Å². The number of benzene rings is 3. The molecular formula is C20H15N3OS. The van der Waals surface area contributed by atoms with Crippen LogP contribution in [-0.4, -0.2) is 10.9 Å². The van der Waals surface area contributed by atoms with Gasteiger partial charge in [-0.2, -0.15) is 0 Å². The van der Waals surface area contributed by atoms with Crippen molar-refractivity contribution in [1.82, 2.24) is 4.98 Å². The summed E-state index contributed by atoms with van der Waals surface area (Å²) in [6.45, 7) is 0. The molecule has 0 aliphatic heterocycles. The Morgan fingerprint density at radius 1 is 0.960 bits per heavy atom. The zero-order chi connectivity index (χ0) is 17.2. The molecule has 0 atom stereocenters. The zero-order valence-corrected chi connectivity index (χ0v) is 14.1. The van der Waals surface area contributed by atoms with Crippen LogP contribution in [0.4, 0.5) is 10.8 Å². The van der Waals surface area contributed by atoms with Gasteiger partial charge in [-0.25, -0.2) is 4.98 Å². The highest BCUT2D eigenvalue weighted by Gasteiger charge is 2.08. The van der Waals surface area contributed by atoms with Crippen molar-refractivity contribution in [2.24, 2.45) is 0 Å². The Balaban J connectivity index is 1.53. The molecule has 0 fully saturated rings. The summed E-state index contributed by atoms with van der Waals surface area (Å²) in [4.78, 5) is 16.7. The SMILES string of the molecule is Nc1nc(-c2ccc(NC(=O)c3ccc4ccccc4c3)cc2)cs1. The van der Waals surface area contributed by atoms with Crippen LogP contribution in [0.15, 0.2) is 72.1 Å². The molecule has 3 N–H and O–H groups in total. The first-order chi connectivity index (χ1) is 12.2. The van der Waals surface area contributed by atoms with Crippen LogP contribution >= 0.6 is 11.3 Å². The second-order valence-corrected chi connectivity index (χ2v) is 6.55. The highest BCUT2D eigenvalue weighted by molar-refractivity contribution is 7.13. The van der Waals surface area contributed by atoms with Crippen LogP contribution < -0.4 is 11.1 Å². The van der Waals surface area contributed by atoms with E-state index in [1.54, 1.807) is 0 Å². The number of thiazole rings is 1. The van der Waals surface area contributed by atoms with Crippen molar-refractivity contribution in [2.45, 2.75) is 0 Å². The fourth-order valence-corrected chi connectivity index (χ4v) is 3.25. The number of hydrogen-bond acceptors (Lipinski definition) is 4. The lowest BCUT2D eigenvalue weighted by molar-refractivity contribution is 0.102. The predicted octanol–water partition coefficient (Wildman–Crippen LogP) is 4.80. The quantitative estimate of drug-likeness (QED) is 0.560. The van der Waals surface area contributed by atoms with E-state index in [9.17, 15) is 4.79 Å². The third kappa shape index (κ3) is 3.22. The first-order valence-electron chi connectivity index (χ1n) is 7.81. The maximum Gasteiger partial charge on any atom is 0.255 e. The molecule has 4 nitrogen and oxygen atoms in total. The smallest absolute Gasteiger partial charge is 0.255 e. The predicted molar refractivity (Wildman–Crippen MR) is 104 cm³/mol. The summed E-state index contributed by atoms with van der Waals surface area (Å²) in [5.74, 6) is -0.128. The molecule has 0 unspecified atom stereocenters. The van der Waals surface area contributed by atoms with Crippen LogP contribution in [0.1, 0.15) is 10.4 Å². The molecule has 0 aliphatic rings. The Bertz CT molecular complexity index is 1050. The van der Waals surface area contributed by atoms with Crippen LogP contribution in [0, 0.1) is 0 Å². The lowest BCUT2D eigenvalue weighted by Crippen LogP contribution is -2.11. The zero-order valence-electron chi connectivity index (χ0n) is 13.3. The molecule has 0 spiro atoms. The monoisotopic (exact) mass is 345 g/mol. The Morgan fingerprint density at radius 3 is 2.44 bits per heavy atom.